The fourth-order valence-electron chi connectivity index (χ4n) is 3.15. The van der Waals surface area contributed by atoms with E-state index in [-0.39, 0.29) is 38.3 Å². The smallest absolute Gasteiger partial charge is 0.222 e. The maximum atomic E-state index is 11.4. The predicted octanol–water partition coefficient (Wildman–Crippen LogP) is 0.700. The zero-order valence-electron chi connectivity index (χ0n) is 16.7. The monoisotopic (exact) mass is 420 g/mol. The topological polar surface area (TPSA) is 154 Å². The van der Waals surface area contributed by atoms with Gasteiger partial charge in [0.05, 0.1) is 31.5 Å². The molecular formula is C18H24N6O6. The van der Waals surface area contributed by atoms with Crippen molar-refractivity contribution < 1.29 is 28.8 Å². The number of nitrogens with one attached hydrogen (secondary N) is 1. The van der Waals surface area contributed by atoms with Crippen molar-refractivity contribution >= 4 is 22.9 Å². The quantitative estimate of drug-likeness (QED) is 0.415. The number of aliphatic hydroxyl groups is 1. The van der Waals surface area contributed by atoms with Crippen LogP contribution in [-0.4, -0.2) is 69.0 Å². The molecular weight excluding hydrogens is 396 g/mol. The Kier molecular flexibility index (Phi) is 7.61. The van der Waals surface area contributed by atoms with E-state index in [0.29, 0.717) is 17.6 Å². The van der Waals surface area contributed by atoms with Crippen molar-refractivity contribution in [3.8, 4) is 6.07 Å². The van der Waals surface area contributed by atoms with Crippen molar-refractivity contribution in [3.05, 3.63) is 12.7 Å². The standard InChI is InChI=1S/C18H24N6O6/c1-3-12-14(26)15(29-10-28-9-27-6-4-5-19)18(30-12)24-8-22-13-16(23-11(2)25)20-7-21-17(13)24/h7-8,12,14-15,18,26H,3-4,6,9-10H2,1-2H3,(H,20,21,23,25)/t12-,14?,15+,18-/m1/s1. The summed E-state index contributed by atoms with van der Waals surface area (Å²) in [6, 6.07) is 1.97. The molecule has 30 heavy (non-hydrogen) atoms. The maximum absolute atomic E-state index is 11.4. The first-order chi connectivity index (χ1) is 14.6. The van der Waals surface area contributed by atoms with E-state index in [2.05, 4.69) is 20.3 Å². The molecule has 0 aromatic carbocycles. The van der Waals surface area contributed by atoms with Gasteiger partial charge in [0.2, 0.25) is 5.91 Å². The van der Waals surface area contributed by atoms with Crippen molar-refractivity contribution in [1.82, 2.24) is 19.5 Å². The summed E-state index contributed by atoms with van der Waals surface area (Å²) >= 11 is 0. The number of aromatic nitrogens is 4. The number of fused-ring (bicyclic) bond motifs is 1. The number of imidazole rings is 1. The van der Waals surface area contributed by atoms with Crippen molar-refractivity contribution in [2.45, 2.75) is 51.2 Å². The largest absolute Gasteiger partial charge is 0.388 e. The van der Waals surface area contributed by atoms with Crippen LogP contribution in [0, 0.1) is 11.3 Å². The van der Waals surface area contributed by atoms with Gasteiger partial charge in [-0.25, -0.2) is 15.0 Å². The van der Waals surface area contributed by atoms with E-state index < -0.39 is 24.5 Å². The van der Waals surface area contributed by atoms with Gasteiger partial charge in [-0.05, 0) is 6.42 Å². The Morgan fingerprint density at radius 2 is 2.20 bits per heavy atom. The van der Waals surface area contributed by atoms with Crippen molar-refractivity contribution in [2.24, 2.45) is 0 Å². The number of nitrogens with zero attached hydrogens (tertiary/aromatic N) is 5. The minimum absolute atomic E-state index is 0.0332. The summed E-state index contributed by atoms with van der Waals surface area (Å²) in [5.41, 5.74) is 0.823. The molecule has 3 rings (SSSR count). The van der Waals surface area contributed by atoms with E-state index in [9.17, 15) is 9.90 Å². The zero-order chi connectivity index (χ0) is 21.5. The fourth-order valence-corrected chi connectivity index (χ4v) is 3.15. The van der Waals surface area contributed by atoms with Gasteiger partial charge >= 0.3 is 0 Å². The lowest BCUT2D eigenvalue weighted by Gasteiger charge is -2.22. The normalized spacial score (nSPS) is 23.5. The van der Waals surface area contributed by atoms with Crippen LogP contribution >= 0.6 is 0 Å². The van der Waals surface area contributed by atoms with Crippen LogP contribution in [0.5, 0.6) is 0 Å². The van der Waals surface area contributed by atoms with Gasteiger partial charge in [0, 0.05) is 6.92 Å². The lowest BCUT2D eigenvalue weighted by molar-refractivity contribution is -0.174. The molecule has 0 radical (unpaired) electrons. The molecule has 2 N–H and O–H groups in total. The van der Waals surface area contributed by atoms with Gasteiger partial charge in [0.1, 0.15) is 32.1 Å². The van der Waals surface area contributed by atoms with Gasteiger partial charge < -0.3 is 29.4 Å². The molecule has 12 heteroatoms. The Labute approximate surface area is 172 Å². The van der Waals surface area contributed by atoms with E-state index in [1.165, 1.54) is 19.6 Å². The van der Waals surface area contributed by atoms with Crippen molar-refractivity contribution in [3.63, 3.8) is 0 Å². The molecule has 0 saturated carbocycles. The van der Waals surface area contributed by atoms with Crippen LogP contribution in [0.4, 0.5) is 5.82 Å². The van der Waals surface area contributed by atoms with E-state index in [0.717, 1.165) is 0 Å². The molecule has 1 aliphatic rings. The Morgan fingerprint density at radius 1 is 1.37 bits per heavy atom. The van der Waals surface area contributed by atoms with Crippen LogP contribution in [0.15, 0.2) is 12.7 Å². The second-order valence-corrected chi connectivity index (χ2v) is 6.58. The highest BCUT2D eigenvalue weighted by molar-refractivity contribution is 5.95. The molecule has 3 heterocycles. The number of hydrogen-bond donors (Lipinski definition) is 2. The Hall–Kier alpha value is -2.69. The Balaban J connectivity index is 1.74. The second-order valence-electron chi connectivity index (χ2n) is 6.58. The predicted molar refractivity (Wildman–Crippen MR) is 102 cm³/mol. The van der Waals surface area contributed by atoms with Crippen molar-refractivity contribution in [1.29, 1.82) is 5.26 Å². The zero-order valence-corrected chi connectivity index (χ0v) is 16.7. The lowest BCUT2D eigenvalue weighted by Crippen LogP contribution is -2.34. The minimum Gasteiger partial charge on any atom is -0.388 e. The highest BCUT2D eigenvalue weighted by Gasteiger charge is 2.45. The van der Waals surface area contributed by atoms with Gasteiger partial charge in [0.25, 0.3) is 0 Å². The molecule has 4 atom stereocenters. The summed E-state index contributed by atoms with van der Waals surface area (Å²) < 4.78 is 23.7. The summed E-state index contributed by atoms with van der Waals surface area (Å²) in [6.45, 7) is 3.37. The average Bonchev–Trinajstić information content (AvgIpc) is 3.28. The number of amides is 1. The molecule has 162 valence electrons. The maximum Gasteiger partial charge on any atom is 0.222 e. The van der Waals surface area contributed by atoms with Gasteiger partial charge in [-0.1, -0.05) is 6.92 Å². The lowest BCUT2D eigenvalue weighted by atomic mass is 10.1. The first-order valence-electron chi connectivity index (χ1n) is 9.49. The summed E-state index contributed by atoms with van der Waals surface area (Å²) in [5.74, 6) is 0.00522. The van der Waals surface area contributed by atoms with Crippen LogP contribution in [0.3, 0.4) is 0 Å². The highest BCUT2D eigenvalue weighted by Crippen LogP contribution is 2.35. The van der Waals surface area contributed by atoms with Crippen LogP contribution in [0.25, 0.3) is 11.2 Å². The summed E-state index contributed by atoms with van der Waals surface area (Å²) in [7, 11) is 0. The Bertz CT molecular complexity index is 899. The molecule has 0 aliphatic carbocycles. The SMILES string of the molecule is CC[C@H]1O[C@@H](n2cnc3c(NC(C)=O)ncnc32)[C@@H](OCOCOCCC#N)C1O. The van der Waals surface area contributed by atoms with Gasteiger partial charge in [0.15, 0.2) is 23.2 Å². The first kappa shape index (κ1) is 22.0. The highest BCUT2D eigenvalue weighted by atomic mass is 16.7. The summed E-state index contributed by atoms with van der Waals surface area (Å²) in [6.07, 6.45) is 0.875. The van der Waals surface area contributed by atoms with E-state index in [1.54, 1.807) is 4.57 Å². The van der Waals surface area contributed by atoms with Gasteiger partial charge in [-0.3, -0.25) is 9.36 Å². The number of rotatable bonds is 10. The van der Waals surface area contributed by atoms with Crippen molar-refractivity contribution in [2.75, 3.05) is 25.5 Å². The molecule has 2 aromatic rings. The molecule has 0 spiro atoms. The third-order valence-corrected chi connectivity index (χ3v) is 4.51. The summed E-state index contributed by atoms with van der Waals surface area (Å²) in [5, 5.41) is 21.7. The number of anilines is 1. The second kappa shape index (κ2) is 10.4. The number of carbonyl (C=O) groups excluding carboxylic acids is 1. The van der Waals surface area contributed by atoms with Crippen LogP contribution in [0.1, 0.15) is 32.9 Å². The molecule has 1 aliphatic heterocycles. The number of ether oxygens (including phenoxy) is 4. The average molecular weight is 420 g/mol. The van der Waals surface area contributed by atoms with Crippen LogP contribution in [-0.2, 0) is 23.7 Å². The number of hydrogen-bond acceptors (Lipinski definition) is 10. The van der Waals surface area contributed by atoms with Crippen LogP contribution in [0.2, 0.25) is 0 Å². The fraction of sp³-hybridized carbons (Fsp3) is 0.611. The Morgan fingerprint density at radius 3 is 2.93 bits per heavy atom. The first-order valence-corrected chi connectivity index (χ1v) is 9.49. The molecule has 1 amide bonds. The molecule has 1 fully saturated rings. The van der Waals surface area contributed by atoms with E-state index in [1.807, 2.05) is 13.0 Å². The molecule has 2 aromatic heterocycles. The molecule has 1 saturated heterocycles. The van der Waals surface area contributed by atoms with Gasteiger partial charge in [-0.2, -0.15) is 5.26 Å². The molecule has 0 bridgehead atoms. The third kappa shape index (κ3) is 4.89. The minimum atomic E-state index is -0.891. The number of aliphatic hydroxyl groups excluding tert-OH is 1. The number of nitriles is 1. The number of carbonyl (C=O) groups is 1. The van der Waals surface area contributed by atoms with Crippen LogP contribution < -0.4 is 5.32 Å². The molecule has 12 nitrogen and oxygen atoms in total. The van der Waals surface area contributed by atoms with E-state index in [4.69, 9.17) is 24.2 Å². The van der Waals surface area contributed by atoms with Gasteiger partial charge in [-0.15, -0.1) is 0 Å². The van der Waals surface area contributed by atoms with E-state index >= 15 is 0 Å². The molecule has 1 unspecified atom stereocenters. The third-order valence-electron chi connectivity index (χ3n) is 4.51. The summed E-state index contributed by atoms with van der Waals surface area (Å²) in [4.78, 5) is 24.0.